The average molecular weight is 448 g/mol. The molecule has 1 N–H and O–H groups in total. The van der Waals surface area contributed by atoms with Gasteiger partial charge in [-0.05, 0) is 69.2 Å². The molecule has 3 aliphatic rings. The van der Waals surface area contributed by atoms with Gasteiger partial charge in [-0.15, -0.1) is 0 Å². The monoisotopic (exact) mass is 447 g/mol. The molecule has 32 heavy (non-hydrogen) atoms. The highest BCUT2D eigenvalue weighted by Crippen LogP contribution is 2.31. The molecule has 1 aromatic rings. The number of alkyl halides is 1. The number of carbonyl (C=O) groups excluding carboxylic acids is 2. The smallest absolute Gasteiger partial charge is 0.227 e. The second-order valence-corrected chi connectivity index (χ2v) is 9.93. The maximum atomic E-state index is 14.4. The van der Waals surface area contributed by atoms with Crippen molar-refractivity contribution in [1.29, 1.82) is 0 Å². The van der Waals surface area contributed by atoms with Crippen LogP contribution in [0.3, 0.4) is 0 Å². The molecule has 1 aromatic carbocycles. The van der Waals surface area contributed by atoms with Crippen molar-refractivity contribution in [2.75, 3.05) is 25.0 Å². The van der Waals surface area contributed by atoms with Crippen molar-refractivity contribution in [2.24, 2.45) is 11.8 Å². The van der Waals surface area contributed by atoms with E-state index in [-0.39, 0.29) is 30.2 Å². The van der Waals surface area contributed by atoms with Gasteiger partial charge < -0.3 is 10.2 Å². The fourth-order valence-electron chi connectivity index (χ4n) is 5.58. The van der Waals surface area contributed by atoms with Gasteiger partial charge in [0.2, 0.25) is 11.8 Å². The number of rotatable bonds is 5. The highest BCUT2D eigenvalue weighted by Gasteiger charge is 2.33. The summed E-state index contributed by atoms with van der Waals surface area (Å²) in [5, 5.41) is 2.84. The van der Waals surface area contributed by atoms with Crippen LogP contribution >= 0.6 is 0 Å². The van der Waals surface area contributed by atoms with Crippen molar-refractivity contribution in [2.45, 2.75) is 77.6 Å². The number of carbonyl (C=O) groups is 2. The van der Waals surface area contributed by atoms with Crippen molar-refractivity contribution >= 4 is 17.5 Å². The lowest BCUT2D eigenvalue weighted by Crippen LogP contribution is -2.54. The largest absolute Gasteiger partial charge is 0.337 e. The van der Waals surface area contributed by atoms with Crippen LogP contribution in [0.5, 0.6) is 0 Å². The second-order valence-electron chi connectivity index (χ2n) is 9.93. The molecule has 7 heteroatoms. The number of nitrogens with one attached hydrogen (secondary N) is 1. The minimum atomic E-state index is -0.920. The number of amides is 2. The summed E-state index contributed by atoms with van der Waals surface area (Å²) < 4.78 is 27.9. The topological polar surface area (TPSA) is 52.6 Å². The lowest BCUT2D eigenvalue weighted by molar-refractivity contribution is -0.140. The number of anilines is 1. The molecule has 2 aliphatic carbocycles. The van der Waals surface area contributed by atoms with Crippen LogP contribution in [0, 0.1) is 24.6 Å². The molecule has 2 unspecified atom stereocenters. The van der Waals surface area contributed by atoms with Crippen LogP contribution in [0.2, 0.25) is 0 Å². The van der Waals surface area contributed by atoms with Crippen LogP contribution in [-0.2, 0) is 16.1 Å². The standard InChI is InChI=1S/C25H35F2N3O2/c1-16-14-29(9-10-30(16)25(32)18-5-3-4-6-18)15-20-12-22(27)13-23(17(20)2)28-24(31)19-7-8-21(26)11-19/h12-13,16,18-19,21H,3-11,14-15H2,1-2H3,(H,28,31)/t16-,19?,21?/m0/s1. The van der Waals surface area contributed by atoms with Crippen molar-refractivity contribution in [3.05, 3.63) is 29.1 Å². The Kier molecular flexibility index (Phi) is 7.13. The SMILES string of the molecule is Cc1c(CN2CCN(C(=O)C3CCCC3)[C@@H](C)C2)cc(F)cc1NC(=O)C1CCC(F)C1. The molecule has 3 fully saturated rings. The average Bonchev–Trinajstić information content (AvgIpc) is 3.43. The summed E-state index contributed by atoms with van der Waals surface area (Å²) in [6.45, 7) is 6.73. The van der Waals surface area contributed by atoms with Gasteiger partial charge in [0.25, 0.3) is 0 Å². The second kappa shape index (κ2) is 9.86. The van der Waals surface area contributed by atoms with Gasteiger partial charge in [0.1, 0.15) is 12.0 Å². The van der Waals surface area contributed by atoms with E-state index in [4.69, 9.17) is 0 Å². The summed E-state index contributed by atoms with van der Waals surface area (Å²) in [6, 6.07) is 3.00. The van der Waals surface area contributed by atoms with Gasteiger partial charge in [-0.2, -0.15) is 0 Å². The number of halogens is 2. The summed E-state index contributed by atoms with van der Waals surface area (Å²) in [5.41, 5.74) is 2.14. The van der Waals surface area contributed by atoms with Crippen LogP contribution in [0.4, 0.5) is 14.5 Å². The summed E-state index contributed by atoms with van der Waals surface area (Å²) in [7, 11) is 0. The van der Waals surface area contributed by atoms with Gasteiger partial charge in [0.05, 0.1) is 0 Å². The molecule has 1 heterocycles. The van der Waals surface area contributed by atoms with Gasteiger partial charge in [-0.25, -0.2) is 8.78 Å². The number of hydrogen-bond acceptors (Lipinski definition) is 3. The van der Waals surface area contributed by atoms with Gasteiger partial charge in [0.15, 0.2) is 0 Å². The van der Waals surface area contributed by atoms with E-state index in [9.17, 15) is 18.4 Å². The van der Waals surface area contributed by atoms with E-state index in [1.54, 1.807) is 0 Å². The third kappa shape index (κ3) is 5.13. The number of benzene rings is 1. The molecule has 2 saturated carbocycles. The summed E-state index contributed by atoms with van der Waals surface area (Å²) >= 11 is 0. The summed E-state index contributed by atoms with van der Waals surface area (Å²) in [4.78, 5) is 29.6. The van der Waals surface area contributed by atoms with Crippen LogP contribution in [0.25, 0.3) is 0 Å². The number of nitrogens with zero attached hydrogens (tertiary/aromatic N) is 2. The van der Waals surface area contributed by atoms with E-state index in [1.165, 1.54) is 12.1 Å². The molecule has 0 spiro atoms. The van der Waals surface area contributed by atoms with E-state index in [0.717, 1.165) is 49.9 Å². The quantitative estimate of drug-likeness (QED) is 0.726. The first-order valence-corrected chi connectivity index (χ1v) is 12.1. The predicted molar refractivity (Wildman–Crippen MR) is 120 cm³/mol. The van der Waals surface area contributed by atoms with Gasteiger partial charge in [-0.1, -0.05) is 12.8 Å². The Morgan fingerprint density at radius 2 is 1.84 bits per heavy atom. The van der Waals surface area contributed by atoms with Crippen LogP contribution < -0.4 is 5.32 Å². The fourth-order valence-corrected chi connectivity index (χ4v) is 5.58. The molecule has 1 aliphatic heterocycles. The van der Waals surface area contributed by atoms with Gasteiger partial charge >= 0.3 is 0 Å². The molecule has 4 rings (SSSR count). The Morgan fingerprint density at radius 3 is 2.50 bits per heavy atom. The third-order valence-corrected chi connectivity index (χ3v) is 7.57. The van der Waals surface area contributed by atoms with Crippen molar-refractivity contribution in [1.82, 2.24) is 9.80 Å². The molecule has 0 aromatic heterocycles. The summed E-state index contributed by atoms with van der Waals surface area (Å²) in [5.74, 6) is -0.476. The Morgan fingerprint density at radius 1 is 1.09 bits per heavy atom. The first-order valence-electron chi connectivity index (χ1n) is 12.1. The Bertz CT molecular complexity index is 856. The molecule has 3 atom stereocenters. The van der Waals surface area contributed by atoms with E-state index in [0.29, 0.717) is 37.5 Å². The first-order chi connectivity index (χ1) is 15.3. The molecule has 0 bridgehead atoms. The van der Waals surface area contributed by atoms with Crippen LogP contribution in [0.15, 0.2) is 12.1 Å². The molecular formula is C25H35F2N3O2. The maximum absolute atomic E-state index is 14.4. The van der Waals surface area contributed by atoms with Crippen molar-refractivity contribution in [3.8, 4) is 0 Å². The number of piperazine rings is 1. The minimum Gasteiger partial charge on any atom is -0.337 e. The molecule has 2 amide bonds. The first kappa shape index (κ1) is 23.1. The summed E-state index contributed by atoms with van der Waals surface area (Å²) in [6.07, 6.45) is 4.60. The molecule has 0 radical (unpaired) electrons. The van der Waals surface area contributed by atoms with E-state index >= 15 is 0 Å². The van der Waals surface area contributed by atoms with Crippen molar-refractivity contribution < 1.29 is 18.4 Å². The highest BCUT2D eigenvalue weighted by atomic mass is 19.1. The molecule has 5 nitrogen and oxygen atoms in total. The normalized spacial score (nSPS) is 27.1. The Balaban J connectivity index is 1.39. The van der Waals surface area contributed by atoms with E-state index in [1.807, 2.05) is 11.8 Å². The Hall–Kier alpha value is -2.02. The Labute approximate surface area is 189 Å². The third-order valence-electron chi connectivity index (χ3n) is 7.57. The van der Waals surface area contributed by atoms with Gasteiger partial charge in [0, 0.05) is 49.7 Å². The zero-order valence-electron chi connectivity index (χ0n) is 19.2. The van der Waals surface area contributed by atoms with Crippen LogP contribution in [-0.4, -0.2) is 53.5 Å². The number of hydrogen-bond donors (Lipinski definition) is 1. The highest BCUT2D eigenvalue weighted by molar-refractivity contribution is 5.93. The zero-order chi connectivity index (χ0) is 22.8. The molecule has 176 valence electrons. The maximum Gasteiger partial charge on any atom is 0.227 e. The lowest BCUT2D eigenvalue weighted by Gasteiger charge is -2.41. The fraction of sp³-hybridized carbons (Fsp3) is 0.680. The molecular weight excluding hydrogens is 412 g/mol. The lowest BCUT2D eigenvalue weighted by atomic mass is 10.0. The molecule has 1 saturated heterocycles. The van der Waals surface area contributed by atoms with Crippen molar-refractivity contribution in [3.63, 3.8) is 0 Å². The van der Waals surface area contributed by atoms with Gasteiger partial charge in [-0.3, -0.25) is 14.5 Å². The zero-order valence-corrected chi connectivity index (χ0v) is 19.2. The van der Waals surface area contributed by atoms with E-state index < -0.39 is 12.0 Å². The minimum absolute atomic E-state index is 0.126. The van der Waals surface area contributed by atoms with Crippen LogP contribution in [0.1, 0.15) is 63.0 Å². The van der Waals surface area contributed by atoms with E-state index in [2.05, 4.69) is 17.1 Å². The predicted octanol–water partition coefficient (Wildman–Crippen LogP) is 4.43.